The number of hydrogen-bond acceptors (Lipinski definition) is 6. The van der Waals surface area contributed by atoms with Crippen molar-refractivity contribution in [3.63, 3.8) is 0 Å². The molecule has 0 saturated carbocycles. The van der Waals surface area contributed by atoms with Gasteiger partial charge in [0.1, 0.15) is 34.5 Å². The summed E-state index contributed by atoms with van der Waals surface area (Å²) in [6.07, 6.45) is 5.64. The second-order valence-electron chi connectivity index (χ2n) is 6.62. The van der Waals surface area contributed by atoms with Crippen LogP contribution in [0.3, 0.4) is 0 Å². The van der Waals surface area contributed by atoms with Crippen LogP contribution < -0.4 is 20.9 Å². The molecule has 0 heterocycles. The number of rotatable bonds is 4. The molecule has 0 atom stereocenters. The van der Waals surface area contributed by atoms with Crippen molar-refractivity contribution in [3.8, 4) is 46.8 Å². The van der Waals surface area contributed by atoms with E-state index >= 15 is 0 Å². The lowest BCUT2D eigenvalue weighted by Crippen LogP contribution is -1.93. The summed E-state index contributed by atoms with van der Waals surface area (Å²) in [6.45, 7) is 0. The molecule has 0 radical (unpaired) electrons. The van der Waals surface area contributed by atoms with E-state index in [1.54, 1.807) is 24.3 Å². The molecule has 30 heavy (non-hydrogen) atoms. The molecule has 4 aromatic rings. The molecule has 0 bridgehead atoms. The summed E-state index contributed by atoms with van der Waals surface area (Å²) in [4.78, 5) is 0. The van der Waals surface area contributed by atoms with E-state index in [0.29, 0.717) is 28.6 Å². The average molecular weight is 398 g/mol. The van der Waals surface area contributed by atoms with Gasteiger partial charge in [-0.15, -0.1) is 6.42 Å². The molecule has 148 valence electrons. The van der Waals surface area contributed by atoms with Crippen LogP contribution >= 0.6 is 0 Å². The Morgan fingerprint density at radius 1 is 0.700 bits per heavy atom. The fourth-order valence-electron chi connectivity index (χ4n) is 3.03. The van der Waals surface area contributed by atoms with E-state index in [9.17, 15) is 10.2 Å². The number of anilines is 2. The van der Waals surface area contributed by atoms with Gasteiger partial charge in [0.15, 0.2) is 0 Å². The number of aromatic hydroxyl groups is 2. The number of phenols is 2. The minimum absolute atomic E-state index is 0.0151. The van der Waals surface area contributed by atoms with E-state index in [-0.39, 0.29) is 22.9 Å². The summed E-state index contributed by atoms with van der Waals surface area (Å²) in [5.41, 5.74) is 12.5. The van der Waals surface area contributed by atoms with Gasteiger partial charge in [-0.2, -0.15) is 0 Å². The molecule has 4 rings (SSSR count). The highest BCUT2D eigenvalue weighted by Gasteiger charge is 2.12. The molecule has 6 N–H and O–H groups in total. The first-order valence-corrected chi connectivity index (χ1v) is 9.00. The standard InChI is InChI=1S/C24H18N2O4/c1-2-14-10-18-17(24(11-14)30-16-7-9-22(28)20(26)13-16)4-3-5-23(18)29-15-6-8-21(27)19(25)12-15/h1,3-13,27-28H,25-26H2. The number of terminal acetylenes is 1. The normalized spacial score (nSPS) is 10.5. The maximum absolute atomic E-state index is 9.63. The van der Waals surface area contributed by atoms with Gasteiger partial charge in [0, 0.05) is 28.5 Å². The highest BCUT2D eigenvalue weighted by Crippen LogP contribution is 2.39. The number of phenolic OH excluding ortho intramolecular Hbond substituents is 2. The van der Waals surface area contributed by atoms with Crippen LogP contribution in [-0.4, -0.2) is 10.2 Å². The van der Waals surface area contributed by atoms with Crippen molar-refractivity contribution in [2.45, 2.75) is 0 Å². The van der Waals surface area contributed by atoms with E-state index in [1.807, 2.05) is 18.2 Å². The van der Waals surface area contributed by atoms with Crippen molar-refractivity contribution in [2.75, 3.05) is 11.5 Å². The van der Waals surface area contributed by atoms with E-state index in [4.69, 9.17) is 27.4 Å². The zero-order valence-corrected chi connectivity index (χ0v) is 15.8. The SMILES string of the molecule is C#Cc1cc(Oc2ccc(O)c(N)c2)c2cccc(Oc3ccc(O)c(N)c3)c2c1. The van der Waals surface area contributed by atoms with Crippen LogP contribution in [-0.2, 0) is 0 Å². The fourth-order valence-corrected chi connectivity index (χ4v) is 3.03. The Morgan fingerprint density at radius 3 is 1.87 bits per heavy atom. The van der Waals surface area contributed by atoms with E-state index in [1.165, 1.54) is 24.3 Å². The molecule has 0 spiro atoms. The van der Waals surface area contributed by atoms with Gasteiger partial charge < -0.3 is 31.2 Å². The molecule has 0 amide bonds. The van der Waals surface area contributed by atoms with Crippen molar-refractivity contribution < 1.29 is 19.7 Å². The minimum atomic E-state index is -0.0200. The molecular weight excluding hydrogens is 380 g/mol. The monoisotopic (exact) mass is 398 g/mol. The van der Waals surface area contributed by atoms with Gasteiger partial charge in [0.05, 0.1) is 11.4 Å². The molecule has 4 aromatic carbocycles. The Hall–Kier alpha value is -4.50. The fraction of sp³-hybridized carbons (Fsp3) is 0. The van der Waals surface area contributed by atoms with Gasteiger partial charge >= 0.3 is 0 Å². The zero-order chi connectivity index (χ0) is 21.3. The van der Waals surface area contributed by atoms with Gasteiger partial charge in [-0.3, -0.25) is 0 Å². The van der Waals surface area contributed by atoms with Crippen LogP contribution in [0, 0.1) is 12.3 Å². The average Bonchev–Trinajstić information content (AvgIpc) is 2.73. The smallest absolute Gasteiger partial charge is 0.138 e. The molecule has 0 aliphatic carbocycles. The number of benzene rings is 4. The summed E-state index contributed by atoms with van der Waals surface area (Å²) >= 11 is 0. The van der Waals surface area contributed by atoms with Gasteiger partial charge in [-0.1, -0.05) is 18.1 Å². The lowest BCUT2D eigenvalue weighted by atomic mass is 10.0. The largest absolute Gasteiger partial charge is 0.506 e. The molecular formula is C24H18N2O4. The summed E-state index contributed by atoms with van der Waals surface area (Å²) < 4.78 is 12.0. The summed E-state index contributed by atoms with van der Waals surface area (Å²) in [7, 11) is 0. The third-order valence-electron chi connectivity index (χ3n) is 4.54. The summed E-state index contributed by atoms with van der Waals surface area (Å²) in [5.74, 6) is 4.57. The Morgan fingerprint density at radius 2 is 1.30 bits per heavy atom. The molecule has 0 fully saturated rings. The van der Waals surface area contributed by atoms with Crippen molar-refractivity contribution in [2.24, 2.45) is 0 Å². The third kappa shape index (κ3) is 3.60. The van der Waals surface area contributed by atoms with Crippen LogP contribution in [0.1, 0.15) is 5.56 Å². The van der Waals surface area contributed by atoms with Crippen LogP contribution in [0.5, 0.6) is 34.5 Å². The van der Waals surface area contributed by atoms with Crippen LogP contribution in [0.15, 0.2) is 66.7 Å². The first kappa shape index (κ1) is 18.8. The quantitative estimate of drug-likeness (QED) is 0.219. The van der Waals surface area contributed by atoms with Gasteiger partial charge in [0.2, 0.25) is 0 Å². The summed E-state index contributed by atoms with van der Waals surface area (Å²) in [6, 6.07) is 18.3. The van der Waals surface area contributed by atoms with E-state index in [2.05, 4.69) is 5.92 Å². The number of nitrogen functional groups attached to an aromatic ring is 2. The lowest BCUT2D eigenvalue weighted by Gasteiger charge is -2.14. The van der Waals surface area contributed by atoms with Gasteiger partial charge in [-0.05, 0) is 42.5 Å². The number of hydrogen-bond donors (Lipinski definition) is 4. The van der Waals surface area contributed by atoms with Gasteiger partial charge in [0.25, 0.3) is 0 Å². The Labute approximate surface area is 172 Å². The third-order valence-corrected chi connectivity index (χ3v) is 4.54. The number of ether oxygens (including phenoxy) is 2. The van der Waals surface area contributed by atoms with Crippen LogP contribution in [0.25, 0.3) is 10.8 Å². The Bertz CT molecular complexity index is 1310. The molecule has 0 unspecified atom stereocenters. The maximum atomic E-state index is 9.63. The maximum Gasteiger partial charge on any atom is 0.138 e. The second kappa shape index (κ2) is 7.49. The predicted molar refractivity (Wildman–Crippen MR) is 117 cm³/mol. The summed E-state index contributed by atoms with van der Waals surface area (Å²) in [5, 5.41) is 20.8. The first-order valence-electron chi connectivity index (χ1n) is 9.00. The Kier molecular flexibility index (Phi) is 4.71. The Balaban J connectivity index is 1.80. The number of nitrogens with two attached hydrogens (primary N) is 2. The van der Waals surface area contributed by atoms with Crippen molar-refractivity contribution in [3.05, 3.63) is 72.3 Å². The van der Waals surface area contributed by atoms with Crippen LogP contribution in [0.4, 0.5) is 11.4 Å². The van der Waals surface area contributed by atoms with Crippen molar-refractivity contribution >= 4 is 22.1 Å². The van der Waals surface area contributed by atoms with E-state index < -0.39 is 0 Å². The highest BCUT2D eigenvalue weighted by molar-refractivity contribution is 5.94. The molecule has 0 aliphatic rings. The molecule has 0 aromatic heterocycles. The zero-order valence-electron chi connectivity index (χ0n) is 15.8. The lowest BCUT2D eigenvalue weighted by molar-refractivity contribution is 0.467. The molecule has 6 nitrogen and oxygen atoms in total. The van der Waals surface area contributed by atoms with Crippen LogP contribution in [0.2, 0.25) is 0 Å². The minimum Gasteiger partial charge on any atom is -0.506 e. The first-order chi connectivity index (χ1) is 14.4. The predicted octanol–water partition coefficient (Wildman–Crippen LogP) is 4.98. The van der Waals surface area contributed by atoms with Crippen molar-refractivity contribution in [1.82, 2.24) is 0 Å². The van der Waals surface area contributed by atoms with Crippen molar-refractivity contribution in [1.29, 1.82) is 0 Å². The molecule has 0 saturated heterocycles. The molecule has 0 aliphatic heterocycles. The number of fused-ring (bicyclic) bond motifs is 1. The second-order valence-corrected chi connectivity index (χ2v) is 6.62. The van der Waals surface area contributed by atoms with Gasteiger partial charge in [-0.25, -0.2) is 0 Å². The van der Waals surface area contributed by atoms with E-state index in [0.717, 1.165) is 10.8 Å². The highest BCUT2D eigenvalue weighted by atomic mass is 16.5. The topological polar surface area (TPSA) is 111 Å². The molecule has 6 heteroatoms.